The van der Waals surface area contributed by atoms with Crippen LogP contribution in [0.25, 0.3) is 0 Å². The van der Waals surface area contributed by atoms with Crippen LogP contribution in [0, 0.1) is 13.8 Å². The fraction of sp³-hybridized carbons (Fsp3) is 0.500. The molecule has 2 N–H and O–H groups in total. The standard InChI is InChI=1S/C12H19NOS/c1-9-4-5-10(2)12(8-9)15(14)7-6-11(3)13/h4-5,8,11H,6-7,13H2,1-3H3. The number of benzene rings is 1. The van der Waals surface area contributed by atoms with Crippen molar-refractivity contribution in [3.05, 3.63) is 29.3 Å². The Labute approximate surface area is 94.3 Å². The van der Waals surface area contributed by atoms with Gasteiger partial charge in [0.15, 0.2) is 0 Å². The lowest BCUT2D eigenvalue weighted by atomic mass is 10.2. The topological polar surface area (TPSA) is 43.1 Å². The molecule has 1 aromatic rings. The molecule has 0 heterocycles. The molecule has 1 aromatic carbocycles. The zero-order valence-corrected chi connectivity index (χ0v) is 10.4. The lowest BCUT2D eigenvalue weighted by Crippen LogP contribution is -2.18. The molecular formula is C12H19NOS. The van der Waals surface area contributed by atoms with Gasteiger partial charge in [0, 0.05) is 16.7 Å². The molecule has 2 nitrogen and oxygen atoms in total. The van der Waals surface area contributed by atoms with E-state index in [0.29, 0.717) is 5.75 Å². The smallest absolute Gasteiger partial charge is 0.0532 e. The normalized spacial score (nSPS) is 14.9. The average molecular weight is 225 g/mol. The van der Waals surface area contributed by atoms with E-state index < -0.39 is 10.8 Å². The van der Waals surface area contributed by atoms with Gasteiger partial charge in [-0.3, -0.25) is 4.21 Å². The minimum absolute atomic E-state index is 0.124. The third-order valence-corrected chi connectivity index (χ3v) is 3.88. The van der Waals surface area contributed by atoms with E-state index in [-0.39, 0.29) is 6.04 Å². The van der Waals surface area contributed by atoms with Crippen LogP contribution in [0.2, 0.25) is 0 Å². The molecule has 0 aliphatic heterocycles. The Hall–Kier alpha value is -0.670. The predicted octanol–water partition coefficient (Wildman–Crippen LogP) is 2.15. The molecule has 1 rings (SSSR count). The number of hydrogen-bond donors (Lipinski definition) is 1. The second-order valence-corrected chi connectivity index (χ2v) is 5.62. The molecule has 0 amide bonds. The number of rotatable bonds is 4. The lowest BCUT2D eigenvalue weighted by Gasteiger charge is -2.08. The van der Waals surface area contributed by atoms with Gasteiger partial charge in [-0.05, 0) is 44.4 Å². The Balaban J connectivity index is 2.77. The van der Waals surface area contributed by atoms with Crippen LogP contribution in [0.3, 0.4) is 0 Å². The fourth-order valence-electron chi connectivity index (χ4n) is 1.36. The summed E-state index contributed by atoms with van der Waals surface area (Å²) in [4.78, 5) is 0.954. The van der Waals surface area contributed by atoms with Gasteiger partial charge in [-0.1, -0.05) is 12.1 Å². The van der Waals surface area contributed by atoms with E-state index in [9.17, 15) is 4.21 Å². The molecule has 2 unspecified atom stereocenters. The lowest BCUT2D eigenvalue weighted by molar-refractivity contribution is 0.667. The molecule has 15 heavy (non-hydrogen) atoms. The van der Waals surface area contributed by atoms with Crippen molar-refractivity contribution in [2.45, 2.75) is 38.1 Å². The first-order valence-electron chi connectivity index (χ1n) is 5.22. The van der Waals surface area contributed by atoms with Crippen molar-refractivity contribution >= 4 is 10.8 Å². The molecule has 0 spiro atoms. The average Bonchev–Trinajstić information content (AvgIpc) is 2.18. The van der Waals surface area contributed by atoms with Crippen molar-refractivity contribution in [1.29, 1.82) is 0 Å². The summed E-state index contributed by atoms with van der Waals surface area (Å²) >= 11 is 0. The van der Waals surface area contributed by atoms with Crippen LogP contribution < -0.4 is 5.73 Å². The summed E-state index contributed by atoms with van der Waals surface area (Å²) in [6, 6.07) is 6.20. The maximum atomic E-state index is 12.0. The Morgan fingerprint density at radius 3 is 2.67 bits per heavy atom. The Kier molecular flexibility index (Phi) is 4.48. The van der Waals surface area contributed by atoms with Gasteiger partial charge >= 0.3 is 0 Å². The zero-order chi connectivity index (χ0) is 11.4. The second kappa shape index (κ2) is 5.42. The van der Waals surface area contributed by atoms with Gasteiger partial charge < -0.3 is 5.73 Å². The Morgan fingerprint density at radius 2 is 2.07 bits per heavy atom. The Morgan fingerprint density at radius 1 is 1.40 bits per heavy atom. The number of nitrogens with two attached hydrogens (primary N) is 1. The highest BCUT2D eigenvalue weighted by Crippen LogP contribution is 2.15. The van der Waals surface area contributed by atoms with Gasteiger partial charge in [-0.2, -0.15) is 0 Å². The van der Waals surface area contributed by atoms with Gasteiger partial charge in [-0.25, -0.2) is 0 Å². The fourth-order valence-corrected chi connectivity index (χ4v) is 2.91. The first kappa shape index (κ1) is 12.4. The summed E-state index contributed by atoms with van der Waals surface area (Å²) in [6.45, 7) is 5.96. The van der Waals surface area contributed by atoms with Crippen LogP contribution in [0.5, 0.6) is 0 Å². The van der Waals surface area contributed by atoms with Crippen LogP contribution in [0.4, 0.5) is 0 Å². The molecule has 0 aromatic heterocycles. The van der Waals surface area contributed by atoms with Crippen molar-refractivity contribution < 1.29 is 4.21 Å². The highest BCUT2D eigenvalue weighted by atomic mass is 32.2. The van der Waals surface area contributed by atoms with E-state index in [1.807, 2.05) is 39.0 Å². The van der Waals surface area contributed by atoms with E-state index >= 15 is 0 Å². The second-order valence-electron chi connectivity index (χ2n) is 4.08. The molecule has 0 fully saturated rings. The van der Waals surface area contributed by atoms with Crippen molar-refractivity contribution in [2.75, 3.05) is 5.75 Å². The third-order valence-electron chi connectivity index (χ3n) is 2.35. The van der Waals surface area contributed by atoms with E-state index in [1.54, 1.807) is 0 Å². The van der Waals surface area contributed by atoms with E-state index in [0.717, 1.165) is 22.4 Å². The summed E-state index contributed by atoms with van der Waals surface area (Å²) in [5.41, 5.74) is 7.91. The Bertz CT molecular complexity index is 361. The summed E-state index contributed by atoms with van der Waals surface area (Å²) in [7, 11) is -0.906. The SMILES string of the molecule is Cc1ccc(C)c(S(=O)CCC(C)N)c1. The summed E-state index contributed by atoms with van der Waals surface area (Å²) in [5, 5.41) is 0. The highest BCUT2D eigenvalue weighted by Gasteiger charge is 2.08. The number of aryl methyl sites for hydroxylation is 2. The summed E-state index contributed by atoms with van der Waals surface area (Å²) in [5.74, 6) is 0.655. The van der Waals surface area contributed by atoms with Crippen LogP contribution in [0.1, 0.15) is 24.5 Å². The molecule has 0 radical (unpaired) electrons. The first-order chi connectivity index (χ1) is 7.00. The largest absolute Gasteiger partial charge is 0.328 e. The van der Waals surface area contributed by atoms with E-state index in [4.69, 9.17) is 5.73 Å². The molecule has 0 saturated carbocycles. The van der Waals surface area contributed by atoms with Crippen molar-refractivity contribution in [3.63, 3.8) is 0 Å². The summed E-state index contributed by atoms with van der Waals surface area (Å²) in [6.07, 6.45) is 0.806. The van der Waals surface area contributed by atoms with Gasteiger partial charge in [-0.15, -0.1) is 0 Å². The monoisotopic (exact) mass is 225 g/mol. The summed E-state index contributed by atoms with van der Waals surface area (Å²) < 4.78 is 12.0. The third kappa shape index (κ3) is 3.76. The van der Waals surface area contributed by atoms with Crippen molar-refractivity contribution in [3.8, 4) is 0 Å². The van der Waals surface area contributed by atoms with E-state index in [2.05, 4.69) is 0 Å². The minimum atomic E-state index is -0.906. The maximum Gasteiger partial charge on any atom is 0.0532 e. The molecule has 2 atom stereocenters. The highest BCUT2D eigenvalue weighted by molar-refractivity contribution is 7.85. The van der Waals surface area contributed by atoms with Gasteiger partial charge in [0.05, 0.1) is 10.8 Å². The maximum absolute atomic E-state index is 12.0. The molecule has 0 bridgehead atoms. The molecule has 0 aliphatic rings. The molecular weight excluding hydrogens is 206 g/mol. The number of hydrogen-bond acceptors (Lipinski definition) is 2. The quantitative estimate of drug-likeness (QED) is 0.853. The zero-order valence-electron chi connectivity index (χ0n) is 9.62. The minimum Gasteiger partial charge on any atom is -0.328 e. The van der Waals surface area contributed by atoms with Gasteiger partial charge in [0.2, 0.25) is 0 Å². The first-order valence-corrected chi connectivity index (χ1v) is 6.54. The van der Waals surface area contributed by atoms with Gasteiger partial charge in [0.25, 0.3) is 0 Å². The van der Waals surface area contributed by atoms with Crippen LogP contribution in [0.15, 0.2) is 23.1 Å². The van der Waals surface area contributed by atoms with E-state index in [1.165, 1.54) is 0 Å². The van der Waals surface area contributed by atoms with Crippen LogP contribution in [-0.4, -0.2) is 16.0 Å². The molecule has 0 saturated heterocycles. The van der Waals surface area contributed by atoms with Crippen molar-refractivity contribution in [1.82, 2.24) is 0 Å². The molecule has 0 aliphatic carbocycles. The predicted molar refractivity (Wildman–Crippen MR) is 65.5 cm³/mol. The van der Waals surface area contributed by atoms with Crippen molar-refractivity contribution in [2.24, 2.45) is 5.73 Å². The molecule has 84 valence electrons. The van der Waals surface area contributed by atoms with Crippen LogP contribution >= 0.6 is 0 Å². The molecule has 3 heteroatoms. The van der Waals surface area contributed by atoms with Gasteiger partial charge in [0.1, 0.15) is 0 Å². The van der Waals surface area contributed by atoms with Crippen LogP contribution in [-0.2, 0) is 10.8 Å².